The lowest BCUT2D eigenvalue weighted by atomic mass is 10.1. The fourth-order valence-corrected chi connectivity index (χ4v) is 1.65. The number of halogens is 3. The molecule has 0 bridgehead atoms. The van der Waals surface area contributed by atoms with E-state index in [0.29, 0.717) is 21.0 Å². The molecule has 0 heterocycles. The lowest BCUT2D eigenvalue weighted by molar-refractivity contribution is 0.836. The summed E-state index contributed by atoms with van der Waals surface area (Å²) in [4.78, 5) is 0. The highest BCUT2D eigenvalue weighted by atomic mass is 35.5. The summed E-state index contributed by atoms with van der Waals surface area (Å²) in [6, 6.07) is 3.44. The Kier molecular flexibility index (Phi) is 4.31. The Bertz CT molecular complexity index is 354. The van der Waals surface area contributed by atoms with E-state index in [0.717, 1.165) is 5.56 Å². The van der Waals surface area contributed by atoms with Crippen LogP contribution >= 0.6 is 34.8 Å². The molecule has 0 N–H and O–H groups in total. The van der Waals surface area contributed by atoms with Crippen molar-refractivity contribution in [3.05, 3.63) is 38.8 Å². The van der Waals surface area contributed by atoms with Crippen LogP contribution in [0.25, 0.3) is 6.08 Å². The molecular formula is C11H11Cl3. The van der Waals surface area contributed by atoms with Gasteiger partial charge in [-0.1, -0.05) is 60.8 Å². The van der Waals surface area contributed by atoms with Crippen LogP contribution in [0.3, 0.4) is 0 Å². The van der Waals surface area contributed by atoms with Crippen molar-refractivity contribution in [2.24, 2.45) is 5.92 Å². The molecule has 3 heteroatoms. The largest absolute Gasteiger partial charge is 0.0836 e. The summed E-state index contributed by atoms with van der Waals surface area (Å²) in [5.74, 6) is 0.459. The molecule has 0 unspecified atom stereocenters. The molecule has 0 radical (unpaired) electrons. The first-order chi connectivity index (χ1) is 6.52. The number of rotatable bonds is 2. The molecule has 0 nitrogen and oxygen atoms in total. The summed E-state index contributed by atoms with van der Waals surface area (Å²) in [5, 5.41) is 1.66. The SMILES string of the molecule is CC(C)/C=C/c1c(Cl)ccc(Cl)c1Cl. The molecule has 0 aliphatic heterocycles. The molecule has 0 saturated carbocycles. The van der Waals surface area contributed by atoms with E-state index >= 15 is 0 Å². The Morgan fingerprint density at radius 1 is 1.07 bits per heavy atom. The monoisotopic (exact) mass is 248 g/mol. The zero-order valence-corrected chi connectivity index (χ0v) is 10.3. The van der Waals surface area contributed by atoms with Crippen LogP contribution in [0.4, 0.5) is 0 Å². The van der Waals surface area contributed by atoms with Crippen molar-refractivity contribution >= 4 is 40.9 Å². The number of benzene rings is 1. The van der Waals surface area contributed by atoms with E-state index in [1.165, 1.54) is 0 Å². The van der Waals surface area contributed by atoms with Gasteiger partial charge in [0.05, 0.1) is 10.0 Å². The highest BCUT2D eigenvalue weighted by Gasteiger charge is 2.06. The molecule has 0 fully saturated rings. The summed E-state index contributed by atoms with van der Waals surface area (Å²) < 4.78 is 0. The van der Waals surface area contributed by atoms with Crippen molar-refractivity contribution in [3.8, 4) is 0 Å². The van der Waals surface area contributed by atoms with Crippen LogP contribution in [0.2, 0.25) is 15.1 Å². The minimum Gasteiger partial charge on any atom is -0.0836 e. The molecule has 0 saturated heterocycles. The highest BCUT2D eigenvalue weighted by Crippen LogP contribution is 2.32. The van der Waals surface area contributed by atoms with E-state index in [-0.39, 0.29) is 0 Å². The van der Waals surface area contributed by atoms with E-state index in [1.807, 2.05) is 12.2 Å². The molecule has 1 rings (SSSR count). The van der Waals surface area contributed by atoms with Crippen LogP contribution in [0.15, 0.2) is 18.2 Å². The Hall–Kier alpha value is -0.170. The van der Waals surface area contributed by atoms with Crippen LogP contribution in [0.1, 0.15) is 19.4 Å². The fraction of sp³-hybridized carbons (Fsp3) is 0.273. The minimum atomic E-state index is 0.459. The summed E-state index contributed by atoms with van der Waals surface area (Å²) in [7, 11) is 0. The van der Waals surface area contributed by atoms with E-state index in [4.69, 9.17) is 34.8 Å². The first-order valence-electron chi connectivity index (χ1n) is 4.34. The van der Waals surface area contributed by atoms with Gasteiger partial charge in [-0.15, -0.1) is 0 Å². The Labute approximate surface area is 99.5 Å². The van der Waals surface area contributed by atoms with Crippen LogP contribution in [-0.2, 0) is 0 Å². The smallest absolute Gasteiger partial charge is 0.0679 e. The molecule has 14 heavy (non-hydrogen) atoms. The van der Waals surface area contributed by atoms with Gasteiger partial charge in [0.1, 0.15) is 0 Å². The Morgan fingerprint density at radius 2 is 1.64 bits per heavy atom. The number of hydrogen-bond donors (Lipinski definition) is 0. The van der Waals surface area contributed by atoms with E-state index in [9.17, 15) is 0 Å². The van der Waals surface area contributed by atoms with Crippen molar-refractivity contribution in [2.75, 3.05) is 0 Å². The van der Waals surface area contributed by atoms with Crippen molar-refractivity contribution < 1.29 is 0 Å². The molecule has 76 valence electrons. The minimum absolute atomic E-state index is 0.459. The molecule has 1 aromatic carbocycles. The standard InChI is InChI=1S/C11H11Cl3/c1-7(2)3-4-8-9(12)5-6-10(13)11(8)14/h3-7H,1-2H3/b4-3+. The second-order valence-electron chi connectivity index (χ2n) is 3.36. The second-order valence-corrected chi connectivity index (χ2v) is 4.55. The lowest BCUT2D eigenvalue weighted by Gasteiger charge is -2.04. The Balaban J connectivity index is 3.13. The summed E-state index contributed by atoms with van der Waals surface area (Å²) in [6.45, 7) is 4.17. The molecule has 0 spiro atoms. The fourth-order valence-electron chi connectivity index (χ4n) is 0.984. The Morgan fingerprint density at radius 3 is 2.21 bits per heavy atom. The van der Waals surface area contributed by atoms with Gasteiger partial charge in [0.25, 0.3) is 0 Å². The third-order valence-corrected chi connectivity index (χ3v) is 2.88. The van der Waals surface area contributed by atoms with Gasteiger partial charge in [-0.3, -0.25) is 0 Å². The highest BCUT2D eigenvalue weighted by molar-refractivity contribution is 6.44. The first-order valence-corrected chi connectivity index (χ1v) is 5.47. The average Bonchev–Trinajstić information content (AvgIpc) is 2.11. The zero-order chi connectivity index (χ0) is 10.7. The van der Waals surface area contributed by atoms with Crippen LogP contribution in [0.5, 0.6) is 0 Å². The van der Waals surface area contributed by atoms with Crippen molar-refractivity contribution in [2.45, 2.75) is 13.8 Å². The lowest BCUT2D eigenvalue weighted by Crippen LogP contribution is -1.82. The summed E-state index contributed by atoms with van der Waals surface area (Å²) in [5.41, 5.74) is 0.787. The molecule has 0 atom stereocenters. The zero-order valence-electron chi connectivity index (χ0n) is 8.02. The van der Waals surface area contributed by atoms with E-state index < -0.39 is 0 Å². The molecule has 0 aromatic heterocycles. The van der Waals surface area contributed by atoms with Gasteiger partial charge in [0, 0.05) is 10.6 Å². The van der Waals surface area contributed by atoms with Crippen LogP contribution in [-0.4, -0.2) is 0 Å². The van der Waals surface area contributed by atoms with Crippen molar-refractivity contribution in [3.63, 3.8) is 0 Å². The van der Waals surface area contributed by atoms with Gasteiger partial charge in [0.2, 0.25) is 0 Å². The van der Waals surface area contributed by atoms with Gasteiger partial charge in [-0.2, -0.15) is 0 Å². The maximum Gasteiger partial charge on any atom is 0.0679 e. The molecule has 1 aromatic rings. The van der Waals surface area contributed by atoms with Crippen molar-refractivity contribution in [1.82, 2.24) is 0 Å². The first kappa shape index (κ1) is 11.9. The topological polar surface area (TPSA) is 0 Å². The quantitative estimate of drug-likeness (QED) is 0.623. The maximum atomic E-state index is 6.01. The van der Waals surface area contributed by atoms with Gasteiger partial charge < -0.3 is 0 Å². The normalized spacial score (nSPS) is 11.6. The second kappa shape index (κ2) is 5.06. The van der Waals surface area contributed by atoms with Crippen molar-refractivity contribution in [1.29, 1.82) is 0 Å². The third kappa shape index (κ3) is 2.91. The number of hydrogen-bond acceptors (Lipinski definition) is 0. The van der Waals surface area contributed by atoms with Gasteiger partial charge in [-0.05, 0) is 18.1 Å². The molecule has 0 aliphatic rings. The maximum absolute atomic E-state index is 6.01. The predicted molar refractivity (Wildman–Crippen MR) is 65.3 cm³/mol. The van der Waals surface area contributed by atoms with Gasteiger partial charge in [0.15, 0.2) is 0 Å². The van der Waals surface area contributed by atoms with E-state index in [2.05, 4.69) is 13.8 Å². The van der Waals surface area contributed by atoms with E-state index in [1.54, 1.807) is 12.1 Å². The summed E-state index contributed by atoms with van der Waals surface area (Å²) in [6.07, 6.45) is 3.94. The molecular weight excluding hydrogens is 238 g/mol. The average molecular weight is 250 g/mol. The van der Waals surface area contributed by atoms with Gasteiger partial charge in [-0.25, -0.2) is 0 Å². The van der Waals surface area contributed by atoms with Gasteiger partial charge >= 0.3 is 0 Å². The molecule has 0 amide bonds. The third-order valence-electron chi connectivity index (χ3n) is 1.73. The van der Waals surface area contributed by atoms with Crippen LogP contribution in [0, 0.1) is 5.92 Å². The predicted octanol–water partition coefficient (Wildman–Crippen LogP) is 5.32. The summed E-state index contributed by atoms with van der Waals surface area (Å²) >= 11 is 17.9. The number of allylic oxidation sites excluding steroid dienone is 1. The molecule has 0 aliphatic carbocycles. The van der Waals surface area contributed by atoms with Crippen LogP contribution < -0.4 is 0 Å².